The van der Waals surface area contributed by atoms with E-state index in [0.717, 1.165) is 18.2 Å². The molecule has 0 aliphatic heterocycles. The molecule has 0 heterocycles. The fourth-order valence-corrected chi connectivity index (χ4v) is 4.75. The molecule has 0 amide bonds. The summed E-state index contributed by atoms with van der Waals surface area (Å²) in [5.41, 5.74) is 0.196. The molecular formula is C19H16F2N2O5S2. The van der Waals surface area contributed by atoms with Crippen LogP contribution in [-0.2, 0) is 20.0 Å². The average molecular weight is 454 g/mol. The molecule has 7 nitrogen and oxygen atoms in total. The van der Waals surface area contributed by atoms with Gasteiger partial charge in [0.05, 0.1) is 17.7 Å². The third-order valence-corrected chi connectivity index (χ3v) is 6.73. The van der Waals surface area contributed by atoms with Gasteiger partial charge in [-0.05, 0) is 54.6 Å². The largest absolute Gasteiger partial charge is 0.495 e. The van der Waals surface area contributed by atoms with Crippen molar-refractivity contribution < 1.29 is 30.4 Å². The Morgan fingerprint density at radius 2 is 1.47 bits per heavy atom. The van der Waals surface area contributed by atoms with Crippen molar-refractivity contribution in [2.45, 2.75) is 9.79 Å². The van der Waals surface area contributed by atoms with Crippen molar-refractivity contribution in [2.75, 3.05) is 16.6 Å². The van der Waals surface area contributed by atoms with Crippen molar-refractivity contribution in [3.63, 3.8) is 0 Å². The highest BCUT2D eigenvalue weighted by atomic mass is 32.2. The number of hydrogen-bond donors (Lipinski definition) is 2. The second-order valence-electron chi connectivity index (χ2n) is 6.01. The van der Waals surface area contributed by atoms with Crippen LogP contribution in [0, 0.1) is 11.6 Å². The molecule has 2 N–H and O–H groups in total. The van der Waals surface area contributed by atoms with Gasteiger partial charge in [-0.1, -0.05) is 12.1 Å². The minimum absolute atomic E-state index is 0.0325. The zero-order valence-electron chi connectivity index (χ0n) is 15.5. The van der Waals surface area contributed by atoms with Gasteiger partial charge in [-0.15, -0.1) is 0 Å². The third-order valence-electron chi connectivity index (χ3n) is 3.95. The molecule has 0 spiro atoms. The maximum absolute atomic E-state index is 13.8. The number of ether oxygens (including phenoxy) is 1. The Morgan fingerprint density at radius 3 is 2.13 bits per heavy atom. The molecule has 3 rings (SSSR count). The second kappa shape index (κ2) is 8.28. The van der Waals surface area contributed by atoms with E-state index in [1.807, 2.05) is 0 Å². The van der Waals surface area contributed by atoms with Gasteiger partial charge in [-0.25, -0.2) is 25.6 Å². The first-order valence-corrected chi connectivity index (χ1v) is 11.3. The lowest BCUT2D eigenvalue weighted by Gasteiger charge is -2.12. The first-order chi connectivity index (χ1) is 14.1. The zero-order chi connectivity index (χ0) is 21.9. The third kappa shape index (κ3) is 4.69. The monoisotopic (exact) mass is 454 g/mol. The van der Waals surface area contributed by atoms with Crippen LogP contribution in [0.5, 0.6) is 5.75 Å². The molecule has 0 saturated carbocycles. The van der Waals surface area contributed by atoms with E-state index < -0.39 is 36.6 Å². The minimum Gasteiger partial charge on any atom is -0.495 e. The summed E-state index contributed by atoms with van der Waals surface area (Å²) in [6, 6.07) is 13.2. The predicted molar refractivity (Wildman–Crippen MR) is 107 cm³/mol. The van der Waals surface area contributed by atoms with Crippen LogP contribution < -0.4 is 14.2 Å². The number of benzene rings is 3. The van der Waals surface area contributed by atoms with Gasteiger partial charge < -0.3 is 4.74 Å². The minimum atomic E-state index is -4.42. The van der Waals surface area contributed by atoms with E-state index in [9.17, 15) is 25.6 Å². The van der Waals surface area contributed by atoms with E-state index in [2.05, 4.69) is 9.44 Å². The van der Waals surface area contributed by atoms with Crippen LogP contribution in [0.15, 0.2) is 76.5 Å². The van der Waals surface area contributed by atoms with Crippen LogP contribution in [-0.4, -0.2) is 23.9 Å². The lowest BCUT2D eigenvalue weighted by atomic mass is 10.3. The average Bonchev–Trinajstić information content (AvgIpc) is 2.70. The topological polar surface area (TPSA) is 102 Å². The van der Waals surface area contributed by atoms with Gasteiger partial charge in [0.25, 0.3) is 20.0 Å². The van der Waals surface area contributed by atoms with Crippen molar-refractivity contribution in [1.82, 2.24) is 0 Å². The van der Waals surface area contributed by atoms with E-state index in [-0.39, 0.29) is 16.3 Å². The molecule has 0 aliphatic rings. The quantitative estimate of drug-likeness (QED) is 0.568. The van der Waals surface area contributed by atoms with Gasteiger partial charge in [0.15, 0.2) is 0 Å². The van der Waals surface area contributed by atoms with Crippen molar-refractivity contribution in [3.8, 4) is 5.75 Å². The molecule has 0 bridgehead atoms. The van der Waals surface area contributed by atoms with Crippen LogP contribution in [0.25, 0.3) is 0 Å². The van der Waals surface area contributed by atoms with Crippen molar-refractivity contribution in [1.29, 1.82) is 0 Å². The van der Waals surface area contributed by atoms with Gasteiger partial charge in [0.1, 0.15) is 22.3 Å². The maximum Gasteiger partial charge on any atom is 0.264 e. The Labute approximate surface area is 172 Å². The molecule has 0 saturated heterocycles. The number of para-hydroxylation sites is 2. The van der Waals surface area contributed by atoms with Crippen molar-refractivity contribution in [3.05, 3.63) is 78.4 Å². The van der Waals surface area contributed by atoms with Crippen LogP contribution in [0.2, 0.25) is 0 Å². The SMILES string of the molecule is COc1ccccc1NS(=O)(=O)c1ccc(NS(=O)(=O)c2cc(F)ccc2F)cc1. The summed E-state index contributed by atoms with van der Waals surface area (Å²) in [5, 5.41) is 0. The molecular weight excluding hydrogens is 438 g/mol. The van der Waals surface area contributed by atoms with Crippen LogP contribution >= 0.6 is 0 Å². The van der Waals surface area contributed by atoms with Crippen LogP contribution in [0.4, 0.5) is 20.2 Å². The predicted octanol–water partition coefficient (Wildman–Crippen LogP) is 3.58. The molecule has 11 heteroatoms. The highest BCUT2D eigenvalue weighted by Gasteiger charge is 2.21. The lowest BCUT2D eigenvalue weighted by molar-refractivity contribution is 0.417. The van der Waals surface area contributed by atoms with Crippen LogP contribution in [0.3, 0.4) is 0 Å². The van der Waals surface area contributed by atoms with Crippen molar-refractivity contribution >= 4 is 31.4 Å². The summed E-state index contributed by atoms with van der Waals surface area (Å²) in [4.78, 5) is -1.01. The Morgan fingerprint density at radius 1 is 0.800 bits per heavy atom. The molecule has 30 heavy (non-hydrogen) atoms. The van der Waals surface area contributed by atoms with Crippen LogP contribution in [0.1, 0.15) is 0 Å². The fourth-order valence-electron chi connectivity index (χ4n) is 2.53. The molecule has 0 atom stereocenters. The summed E-state index contributed by atoms with van der Waals surface area (Å²) in [6.07, 6.45) is 0. The first kappa shape index (κ1) is 21.5. The lowest BCUT2D eigenvalue weighted by Crippen LogP contribution is -2.16. The second-order valence-corrected chi connectivity index (χ2v) is 9.34. The van der Waals surface area contributed by atoms with E-state index in [1.54, 1.807) is 18.2 Å². The Balaban J connectivity index is 1.83. The number of anilines is 2. The Hall–Kier alpha value is -3.18. The summed E-state index contributed by atoms with van der Waals surface area (Å²) < 4.78 is 86.4. The van der Waals surface area contributed by atoms with Gasteiger partial charge in [0.2, 0.25) is 0 Å². The summed E-state index contributed by atoms with van der Waals surface area (Å²) >= 11 is 0. The number of methoxy groups -OCH3 is 1. The number of hydrogen-bond acceptors (Lipinski definition) is 5. The number of halogens is 2. The molecule has 3 aromatic rings. The van der Waals surface area contributed by atoms with Gasteiger partial charge in [-0.2, -0.15) is 0 Å². The molecule has 0 fully saturated rings. The van der Waals surface area contributed by atoms with Gasteiger partial charge in [0, 0.05) is 5.69 Å². The Bertz CT molecular complexity index is 1280. The maximum atomic E-state index is 13.8. The molecule has 0 radical (unpaired) electrons. The van der Waals surface area contributed by atoms with E-state index in [4.69, 9.17) is 4.74 Å². The zero-order valence-corrected chi connectivity index (χ0v) is 17.1. The number of nitrogens with one attached hydrogen (secondary N) is 2. The molecule has 158 valence electrons. The highest BCUT2D eigenvalue weighted by Crippen LogP contribution is 2.27. The van der Waals surface area contributed by atoms with E-state index in [1.165, 1.54) is 25.3 Å². The van der Waals surface area contributed by atoms with E-state index in [0.29, 0.717) is 17.9 Å². The highest BCUT2D eigenvalue weighted by molar-refractivity contribution is 7.93. The summed E-state index contributed by atoms with van der Waals surface area (Å²) in [5.74, 6) is -1.72. The van der Waals surface area contributed by atoms with E-state index >= 15 is 0 Å². The summed E-state index contributed by atoms with van der Waals surface area (Å²) in [6.45, 7) is 0. The smallest absolute Gasteiger partial charge is 0.264 e. The standard InChI is InChI=1S/C19H16F2N2O5S2/c1-28-18-5-3-2-4-17(18)23-29(24,25)15-9-7-14(8-10-15)22-30(26,27)19-12-13(20)6-11-16(19)21/h2-12,22-23H,1H3. The normalized spacial score (nSPS) is 11.7. The number of rotatable bonds is 7. The van der Waals surface area contributed by atoms with Gasteiger partial charge >= 0.3 is 0 Å². The molecule has 0 aliphatic carbocycles. The molecule has 0 unspecified atom stereocenters. The van der Waals surface area contributed by atoms with Crippen molar-refractivity contribution in [2.24, 2.45) is 0 Å². The molecule has 3 aromatic carbocycles. The van der Waals surface area contributed by atoms with Gasteiger partial charge in [-0.3, -0.25) is 9.44 Å². The number of sulfonamides is 2. The molecule has 0 aromatic heterocycles. The fraction of sp³-hybridized carbons (Fsp3) is 0.0526. The first-order valence-electron chi connectivity index (χ1n) is 8.36. The Kier molecular flexibility index (Phi) is 5.94. The summed E-state index contributed by atoms with van der Waals surface area (Å²) in [7, 11) is -7.01.